The van der Waals surface area contributed by atoms with E-state index in [1.54, 1.807) is 0 Å². The summed E-state index contributed by atoms with van der Waals surface area (Å²) in [5.41, 5.74) is 4.72. The highest BCUT2D eigenvalue weighted by Crippen LogP contribution is 2.27. The Morgan fingerprint density at radius 2 is 2.38 bits per heavy atom. The first-order valence-corrected chi connectivity index (χ1v) is 4.95. The van der Waals surface area contributed by atoms with Gasteiger partial charge in [0.1, 0.15) is 6.23 Å². The Morgan fingerprint density at radius 1 is 1.62 bits per heavy atom. The van der Waals surface area contributed by atoms with E-state index in [2.05, 4.69) is 4.98 Å². The van der Waals surface area contributed by atoms with Crippen molar-refractivity contribution in [1.29, 1.82) is 0 Å². The van der Waals surface area contributed by atoms with E-state index in [9.17, 15) is 9.90 Å². The van der Waals surface area contributed by atoms with E-state index in [1.165, 1.54) is 10.8 Å². The summed E-state index contributed by atoms with van der Waals surface area (Å²) in [7, 11) is 0. The zero-order chi connectivity index (χ0) is 11.7. The highest BCUT2D eigenvalue weighted by Gasteiger charge is 2.27. The number of aliphatic hydroxyl groups is 1. The number of hydrogen-bond acceptors (Lipinski definition) is 6. The second kappa shape index (κ2) is 4.11. The van der Waals surface area contributed by atoms with Crippen molar-refractivity contribution in [3.05, 3.63) is 16.7 Å². The molecule has 2 rings (SSSR count). The lowest BCUT2D eigenvalue weighted by Crippen LogP contribution is -2.27. The molecule has 0 spiro atoms. The third-order valence-electron chi connectivity index (χ3n) is 2.56. The van der Waals surface area contributed by atoms with Gasteiger partial charge in [-0.1, -0.05) is 0 Å². The smallest absolute Gasteiger partial charge is 0.351 e. The Balaban J connectivity index is 2.28. The molecule has 88 valence electrons. The lowest BCUT2D eigenvalue weighted by Gasteiger charge is -2.14. The monoisotopic (exact) mass is 227 g/mol. The van der Waals surface area contributed by atoms with Gasteiger partial charge in [-0.25, -0.2) is 4.79 Å². The molecular formula is C9H13N3O4. The van der Waals surface area contributed by atoms with Crippen LogP contribution in [0, 0.1) is 0 Å². The molecule has 7 nitrogen and oxygen atoms in total. The Kier molecular flexibility index (Phi) is 2.80. The Labute approximate surface area is 91.1 Å². The molecule has 0 radical (unpaired) electrons. The van der Waals surface area contributed by atoms with E-state index in [1.807, 2.05) is 0 Å². The van der Waals surface area contributed by atoms with E-state index < -0.39 is 11.9 Å². The first kappa shape index (κ1) is 10.9. The molecule has 4 N–H and O–H groups in total. The van der Waals surface area contributed by atoms with Crippen molar-refractivity contribution in [2.24, 2.45) is 0 Å². The molecule has 16 heavy (non-hydrogen) atoms. The summed E-state index contributed by atoms with van der Waals surface area (Å²) in [6.45, 7) is -0.0837. The normalized spacial score (nSPS) is 24.8. The summed E-state index contributed by atoms with van der Waals surface area (Å²) in [5, 5.41) is 18.3. The Morgan fingerprint density at radius 3 is 3.00 bits per heavy atom. The number of ether oxygens (including phenoxy) is 1. The quantitative estimate of drug-likeness (QED) is 0.610. The zero-order valence-electron chi connectivity index (χ0n) is 8.54. The number of anilines is 1. The van der Waals surface area contributed by atoms with Crippen molar-refractivity contribution in [3.8, 4) is 5.75 Å². The van der Waals surface area contributed by atoms with Crippen molar-refractivity contribution in [3.63, 3.8) is 0 Å². The third-order valence-corrected chi connectivity index (χ3v) is 2.56. The molecule has 7 heteroatoms. The number of hydrogen-bond donors (Lipinski definition) is 3. The van der Waals surface area contributed by atoms with E-state index in [-0.39, 0.29) is 24.3 Å². The molecule has 0 bridgehead atoms. The number of rotatable bonds is 2. The van der Waals surface area contributed by atoms with E-state index in [4.69, 9.17) is 15.6 Å². The molecule has 1 aromatic rings. The molecule has 1 aliphatic rings. The number of nitrogens with zero attached hydrogens (tertiary/aromatic N) is 2. The topological polar surface area (TPSA) is 111 Å². The molecular weight excluding hydrogens is 214 g/mol. The fourth-order valence-corrected chi connectivity index (χ4v) is 1.70. The standard InChI is InChI=1S/C9H13N3O4/c10-8-6(14)3-12(9(15)11-8)7-2-1-5(4-13)16-7/h3,5,7,13-14H,1-2,4H2,(H2,10,11,15)/t5-,7?/m0/s1. The lowest BCUT2D eigenvalue weighted by atomic mass is 10.2. The predicted molar refractivity (Wildman–Crippen MR) is 54.8 cm³/mol. The summed E-state index contributed by atoms with van der Waals surface area (Å²) < 4.78 is 6.58. The summed E-state index contributed by atoms with van der Waals surface area (Å²) in [5.74, 6) is -0.450. The van der Waals surface area contributed by atoms with Gasteiger partial charge in [-0.05, 0) is 12.8 Å². The fourth-order valence-electron chi connectivity index (χ4n) is 1.70. The van der Waals surface area contributed by atoms with Gasteiger partial charge in [0.05, 0.1) is 18.9 Å². The maximum Gasteiger partial charge on any atom is 0.351 e. The van der Waals surface area contributed by atoms with Gasteiger partial charge >= 0.3 is 5.69 Å². The molecule has 1 aliphatic heterocycles. The molecule has 1 aromatic heterocycles. The van der Waals surface area contributed by atoms with Gasteiger partial charge in [-0.15, -0.1) is 0 Å². The molecule has 0 saturated carbocycles. The SMILES string of the molecule is Nc1nc(=O)n(C2CC[C@@H](CO)O2)cc1O. The molecule has 1 fully saturated rings. The molecule has 0 aliphatic carbocycles. The van der Waals surface area contributed by atoms with Crippen molar-refractivity contribution in [2.45, 2.75) is 25.2 Å². The molecule has 2 atom stereocenters. The fraction of sp³-hybridized carbons (Fsp3) is 0.556. The summed E-state index contributed by atoms with van der Waals surface area (Å²) in [6, 6.07) is 0. The molecule has 1 unspecified atom stereocenters. The number of nitrogens with two attached hydrogens (primary N) is 1. The Hall–Kier alpha value is -1.60. The van der Waals surface area contributed by atoms with Crippen molar-refractivity contribution in [2.75, 3.05) is 12.3 Å². The first-order valence-electron chi connectivity index (χ1n) is 4.95. The van der Waals surface area contributed by atoms with Crippen LogP contribution < -0.4 is 11.4 Å². The van der Waals surface area contributed by atoms with E-state index >= 15 is 0 Å². The first-order chi connectivity index (χ1) is 7.61. The van der Waals surface area contributed by atoms with Crippen LogP contribution >= 0.6 is 0 Å². The van der Waals surface area contributed by atoms with Gasteiger partial charge in [0.25, 0.3) is 0 Å². The number of nitrogen functional groups attached to an aromatic ring is 1. The lowest BCUT2D eigenvalue weighted by molar-refractivity contribution is -0.0247. The average Bonchev–Trinajstić information content (AvgIpc) is 2.71. The molecule has 0 amide bonds. The van der Waals surface area contributed by atoms with Gasteiger partial charge in [0.2, 0.25) is 0 Å². The van der Waals surface area contributed by atoms with E-state index in [0.29, 0.717) is 12.8 Å². The van der Waals surface area contributed by atoms with Crippen LogP contribution in [0.15, 0.2) is 11.0 Å². The number of aromatic nitrogens is 2. The zero-order valence-corrected chi connectivity index (χ0v) is 8.54. The predicted octanol–water partition coefficient (Wildman–Crippen LogP) is -0.799. The summed E-state index contributed by atoms with van der Waals surface area (Å²) >= 11 is 0. The maximum atomic E-state index is 11.5. The van der Waals surface area contributed by atoms with Crippen LogP contribution in [-0.4, -0.2) is 32.5 Å². The Bertz CT molecular complexity index is 445. The summed E-state index contributed by atoms with van der Waals surface area (Å²) in [4.78, 5) is 15.0. The maximum absolute atomic E-state index is 11.5. The minimum absolute atomic E-state index is 0.0837. The van der Waals surface area contributed by atoms with E-state index in [0.717, 1.165) is 0 Å². The van der Waals surface area contributed by atoms with Gasteiger partial charge in [-0.3, -0.25) is 4.57 Å². The van der Waals surface area contributed by atoms with Crippen molar-refractivity contribution >= 4 is 5.82 Å². The van der Waals surface area contributed by atoms with Gasteiger partial charge in [0, 0.05) is 0 Å². The van der Waals surface area contributed by atoms with Crippen LogP contribution in [0.5, 0.6) is 5.75 Å². The van der Waals surface area contributed by atoms with Crippen LogP contribution in [0.3, 0.4) is 0 Å². The third kappa shape index (κ3) is 1.86. The highest BCUT2D eigenvalue weighted by molar-refractivity contribution is 5.41. The highest BCUT2D eigenvalue weighted by atomic mass is 16.5. The van der Waals surface area contributed by atoms with Crippen LogP contribution in [0.2, 0.25) is 0 Å². The second-order valence-electron chi connectivity index (χ2n) is 3.67. The van der Waals surface area contributed by atoms with Crippen molar-refractivity contribution < 1.29 is 14.9 Å². The van der Waals surface area contributed by atoms with Crippen LogP contribution in [0.25, 0.3) is 0 Å². The van der Waals surface area contributed by atoms with Crippen LogP contribution in [-0.2, 0) is 4.74 Å². The van der Waals surface area contributed by atoms with Crippen LogP contribution in [0.1, 0.15) is 19.1 Å². The minimum Gasteiger partial charge on any atom is -0.503 e. The van der Waals surface area contributed by atoms with Crippen molar-refractivity contribution in [1.82, 2.24) is 9.55 Å². The van der Waals surface area contributed by atoms with Crippen LogP contribution in [0.4, 0.5) is 5.82 Å². The van der Waals surface area contributed by atoms with Gasteiger partial charge in [-0.2, -0.15) is 4.98 Å². The van der Waals surface area contributed by atoms with Gasteiger partial charge < -0.3 is 20.7 Å². The average molecular weight is 227 g/mol. The molecule has 1 saturated heterocycles. The second-order valence-corrected chi connectivity index (χ2v) is 3.67. The largest absolute Gasteiger partial charge is 0.503 e. The number of aromatic hydroxyl groups is 1. The number of aliphatic hydroxyl groups excluding tert-OH is 1. The minimum atomic E-state index is -0.570. The molecule has 0 aromatic carbocycles. The van der Waals surface area contributed by atoms with Gasteiger partial charge in [0.15, 0.2) is 11.6 Å². The summed E-state index contributed by atoms with van der Waals surface area (Å²) in [6.07, 6.45) is 1.70. The molecule has 2 heterocycles.